The largest absolute Gasteiger partial charge is 0.443 e. The van der Waals surface area contributed by atoms with E-state index in [0.717, 1.165) is 37.0 Å². The number of aromatic nitrogens is 1. The molecule has 1 aromatic carbocycles. The normalized spacial score (nSPS) is 20.0. The summed E-state index contributed by atoms with van der Waals surface area (Å²) in [5, 5.41) is 0.692. The fourth-order valence-electron chi connectivity index (χ4n) is 4.02. The van der Waals surface area contributed by atoms with E-state index in [-0.39, 0.29) is 24.4 Å². The first-order valence-corrected chi connectivity index (χ1v) is 10.2. The highest BCUT2D eigenvalue weighted by Gasteiger charge is 2.33. The standard InChI is InChI=1S/C21H24ClN3O3/c22-16-6-3-5-15(11-16)12-17-13-23-21(28-17)18-7-1-2-10-25(18)20(27)14-24-9-4-8-19(24)26/h3,5-6,11,13,18H,1-2,4,7-10,12,14H2. The molecule has 2 saturated heterocycles. The maximum atomic E-state index is 12.9. The maximum absolute atomic E-state index is 12.9. The number of piperidine rings is 1. The van der Waals surface area contributed by atoms with E-state index in [0.29, 0.717) is 36.8 Å². The minimum atomic E-state index is -0.160. The lowest BCUT2D eigenvalue weighted by atomic mass is 10.0. The average molecular weight is 402 g/mol. The Morgan fingerprint density at radius 1 is 1.25 bits per heavy atom. The smallest absolute Gasteiger partial charge is 0.242 e. The van der Waals surface area contributed by atoms with Crippen LogP contribution in [0.25, 0.3) is 0 Å². The van der Waals surface area contributed by atoms with Crippen molar-refractivity contribution in [2.75, 3.05) is 19.6 Å². The van der Waals surface area contributed by atoms with Crippen molar-refractivity contribution >= 4 is 23.4 Å². The van der Waals surface area contributed by atoms with Crippen molar-refractivity contribution in [3.05, 3.63) is 52.7 Å². The summed E-state index contributed by atoms with van der Waals surface area (Å²) >= 11 is 6.05. The fraction of sp³-hybridized carbons (Fsp3) is 0.476. The maximum Gasteiger partial charge on any atom is 0.242 e. The van der Waals surface area contributed by atoms with E-state index in [9.17, 15) is 9.59 Å². The molecule has 0 bridgehead atoms. The Bertz CT molecular complexity index is 866. The van der Waals surface area contributed by atoms with Crippen LogP contribution in [0.3, 0.4) is 0 Å². The van der Waals surface area contributed by atoms with Crippen LogP contribution < -0.4 is 0 Å². The quantitative estimate of drug-likeness (QED) is 0.767. The van der Waals surface area contributed by atoms with Crippen molar-refractivity contribution in [3.63, 3.8) is 0 Å². The third kappa shape index (κ3) is 4.22. The third-order valence-corrected chi connectivity index (χ3v) is 5.68. The van der Waals surface area contributed by atoms with Crippen LogP contribution >= 0.6 is 11.6 Å². The van der Waals surface area contributed by atoms with Gasteiger partial charge in [0.25, 0.3) is 0 Å². The van der Waals surface area contributed by atoms with Crippen molar-refractivity contribution in [3.8, 4) is 0 Å². The van der Waals surface area contributed by atoms with Crippen LogP contribution in [0.4, 0.5) is 0 Å². The fourth-order valence-corrected chi connectivity index (χ4v) is 4.23. The number of oxazole rings is 1. The summed E-state index contributed by atoms with van der Waals surface area (Å²) in [6, 6.07) is 7.50. The molecule has 148 valence electrons. The Hall–Kier alpha value is -2.34. The van der Waals surface area contributed by atoms with E-state index >= 15 is 0 Å². The zero-order chi connectivity index (χ0) is 19.5. The second kappa shape index (κ2) is 8.35. The zero-order valence-corrected chi connectivity index (χ0v) is 16.5. The van der Waals surface area contributed by atoms with Gasteiger partial charge in [0, 0.05) is 31.0 Å². The molecule has 1 unspecified atom stereocenters. The predicted octanol–water partition coefficient (Wildman–Crippen LogP) is 3.59. The molecule has 28 heavy (non-hydrogen) atoms. The molecule has 2 aliphatic rings. The molecule has 7 heteroatoms. The highest BCUT2D eigenvalue weighted by atomic mass is 35.5. The van der Waals surface area contributed by atoms with Crippen LogP contribution in [-0.4, -0.2) is 46.2 Å². The van der Waals surface area contributed by atoms with E-state index in [1.165, 1.54) is 0 Å². The van der Waals surface area contributed by atoms with Crippen LogP contribution in [0.1, 0.15) is 55.4 Å². The average Bonchev–Trinajstić information content (AvgIpc) is 3.31. The van der Waals surface area contributed by atoms with E-state index in [1.807, 2.05) is 29.2 Å². The minimum absolute atomic E-state index is 0.0189. The molecule has 0 aliphatic carbocycles. The number of amides is 2. The topological polar surface area (TPSA) is 66.7 Å². The van der Waals surface area contributed by atoms with Crippen molar-refractivity contribution in [2.45, 2.75) is 44.6 Å². The van der Waals surface area contributed by atoms with Gasteiger partial charge in [0.1, 0.15) is 11.8 Å². The predicted molar refractivity (Wildman–Crippen MR) is 105 cm³/mol. The molecule has 0 N–H and O–H groups in total. The lowest BCUT2D eigenvalue weighted by molar-refractivity contribution is -0.141. The summed E-state index contributed by atoms with van der Waals surface area (Å²) in [6.45, 7) is 1.51. The van der Waals surface area contributed by atoms with Crippen molar-refractivity contribution < 1.29 is 14.0 Å². The summed E-state index contributed by atoms with van der Waals surface area (Å²) < 4.78 is 6.01. The van der Waals surface area contributed by atoms with Crippen LogP contribution in [0.2, 0.25) is 5.02 Å². The second-order valence-corrected chi connectivity index (χ2v) is 7.93. The number of halogens is 1. The first kappa shape index (κ1) is 19.0. The molecule has 2 fully saturated rings. The van der Waals surface area contributed by atoms with Gasteiger partial charge in [-0.25, -0.2) is 4.98 Å². The Morgan fingerprint density at radius 3 is 2.93 bits per heavy atom. The van der Waals surface area contributed by atoms with Crippen LogP contribution in [0.15, 0.2) is 34.9 Å². The van der Waals surface area contributed by atoms with Gasteiger partial charge in [0.05, 0.1) is 12.7 Å². The summed E-state index contributed by atoms with van der Waals surface area (Å²) in [7, 11) is 0. The molecular weight excluding hydrogens is 378 g/mol. The van der Waals surface area contributed by atoms with Crippen molar-refractivity contribution in [1.82, 2.24) is 14.8 Å². The van der Waals surface area contributed by atoms with Gasteiger partial charge in [-0.3, -0.25) is 9.59 Å². The van der Waals surface area contributed by atoms with E-state index < -0.39 is 0 Å². The van der Waals surface area contributed by atoms with Gasteiger partial charge in [0.15, 0.2) is 0 Å². The Labute approximate surface area is 169 Å². The number of carbonyl (C=O) groups is 2. The van der Waals surface area contributed by atoms with Crippen molar-refractivity contribution in [2.24, 2.45) is 0 Å². The molecule has 3 heterocycles. The number of hydrogen-bond acceptors (Lipinski definition) is 4. The molecular formula is C21H24ClN3O3. The minimum Gasteiger partial charge on any atom is -0.443 e. The van der Waals surface area contributed by atoms with Crippen LogP contribution in [-0.2, 0) is 16.0 Å². The van der Waals surface area contributed by atoms with E-state index in [4.69, 9.17) is 16.0 Å². The lowest BCUT2D eigenvalue weighted by Crippen LogP contribution is -2.44. The lowest BCUT2D eigenvalue weighted by Gasteiger charge is -2.34. The zero-order valence-electron chi connectivity index (χ0n) is 15.8. The number of benzene rings is 1. The summed E-state index contributed by atoms with van der Waals surface area (Å²) in [5.74, 6) is 1.39. The number of nitrogens with zero attached hydrogens (tertiary/aromatic N) is 3. The Kier molecular flexibility index (Phi) is 5.67. The van der Waals surface area contributed by atoms with Gasteiger partial charge < -0.3 is 14.2 Å². The highest BCUT2D eigenvalue weighted by molar-refractivity contribution is 6.30. The molecule has 0 radical (unpaired) electrons. The first-order chi connectivity index (χ1) is 13.6. The van der Waals surface area contributed by atoms with E-state index in [2.05, 4.69) is 4.98 Å². The van der Waals surface area contributed by atoms with Gasteiger partial charge >= 0.3 is 0 Å². The number of likely N-dealkylation sites (tertiary alicyclic amines) is 2. The van der Waals surface area contributed by atoms with Crippen molar-refractivity contribution in [1.29, 1.82) is 0 Å². The Morgan fingerprint density at radius 2 is 2.14 bits per heavy atom. The van der Waals surface area contributed by atoms with Gasteiger partial charge in [-0.2, -0.15) is 0 Å². The molecule has 0 saturated carbocycles. The number of hydrogen-bond donors (Lipinski definition) is 0. The first-order valence-electron chi connectivity index (χ1n) is 9.86. The molecule has 1 aromatic heterocycles. The highest BCUT2D eigenvalue weighted by Crippen LogP contribution is 2.31. The third-order valence-electron chi connectivity index (χ3n) is 5.44. The van der Waals surface area contributed by atoms with Gasteiger partial charge in [-0.15, -0.1) is 0 Å². The summed E-state index contributed by atoms with van der Waals surface area (Å²) in [5.41, 5.74) is 1.05. The Balaban J connectivity index is 1.46. The number of carbonyl (C=O) groups excluding carboxylic acids is 2. The second-order valence-electron chi connectivity index (χ2n) is 7.49. The van der Waals surface area contributed by atoms with Crippen LogP contribution in [0, 0.1) is 0 Å². The molecule has 2 aromatic rings. The molecule has 0 spiro atoms. The van der Waals surface area contributed by atoms with Gasteiger partial charge in [0.2, 0.25) is 17.7 Å². The van der Waals surface area contributed by atoms with E-state index in [1.54, 1.807) is 11.1 Å². The monoisotopic (exact) mass is 401 g/mol. The SMILES string of the molecule is O=C1CCCN1CC(=O)N1CCCCC1c1ncc(Cc2cccc(Cl)c2)o1. The molecule has 2 amide bonds. The van der Waals surface area contributed by atoms with Gasteiger partial charge in [-0.05, 0) is 43.4 Å². The van der Waals surface area contributed by atoms with Gasteiger partial charge in [-0.1, -0.05) is 23.7 Å². The molecule has 2 aliphatic heterocycles. The molecule has 6 nitrogen and oxygen atoms in total. The number of rotatable bonds is 5. The molecule has 1 atom stereocenters. The molecule has 4 rings (SSSR count). The summed E-state index contributed by atoms with van der Waals surface area (Å²) in [6.07, 6.45) is 6.55. The van der Waals surface area contributed by atoms with Crippen LogP contribution in [0.5, 0.6) is 0 Å². The summed E-state index contributed by atoms with van der Waals surface area (Å²) in [4.78, 5) is 32.7.